The molecule has 0 aliphatic heterocycles. The number of carbonyl (C=O) groups excluding carboxylic acids is 2. The molecule has 0 unspecified atom stereocenters. The number of carbonyl (C=O) groups is 2. The van der Waals surface area contributed by atoms with Crippen LogP contribution in [-0.4, -0.2) is 12.6 Å². The van der Waals surface area contributed by atoms with Crippen molar-refractivity contribution >= 4 is 12.6 Å². The minimum Gasteiger partial charge on any atom is -0.298 e. The average Bonchev–Trinajstić information content (AvgIpc) is 2.83. The Kier molecular flexibility index (Phi) is 8.78. The van der Waals surface area contributed by atoms with Crippen molar-refractivity contribution in [2.24, 2.45) is 0 Å². The van der Waals surface area contributed by atoms with Crippen molar-refractivity contribution < 1.29 is 9.59 Å². The van der Waals surface area contributed by atoms with Gasteiger partial charge in [0.05, 0.1) is 0 Å². The Morgan fingerprint density at radius 2 is 1.13 bits per heavy atom. The van der Waals surface area contributed by atoms with E-state index in [1.54, 1.807) is 18.2 Å². The minimum absolute atomic E-state index is 0.543. The fourth-order valence-corrected chi connectivity index (χ4v) is 4.31. The smallest absolute Gasteiger partial charge is 0.150 e. The Balaban J connectivity index is 1.89. The highest BCUT2D eigenvalue weighted by molar-refractivity contribution is 6.00. The molecular weight excluding hydrogens is 380 g/mol. The molecule has 0 atom stereocenters. The number of unbranched alkanes of at least 4 members (excludes halogenated alkanes) is 6. The maximum Gasteiger partial charge on any atom is 0.150 e. The molecule has 2 heteroatoms. The largest absolute Gasteiger partial charge is 0.298 e. The standard InChI is InChI=1S/C29H32O2/c1-2-3-4-5-6-7-8-14-23-15-9-10-18-26(23)27-19-11-12-20-28(27)29-24(21-30)16-13-17-25(29)22-31/h9-13,15-22H,2-8,14H2,1H3. The van der Waals surface area contributed by atoms with Gasteiger partial charge in [0.2, 0.25) is 0 Å². The second-order valence-electron chi connectivity index (χ2n) is 8.12. The predicted molar refractivity (Wildman–Crippen MR) is 130 cm³/mol. The van der Waals surface area contributed by atoms with Gasteiger partial charge in [-0.15, -0.1) is 0 Å². The first-order valence-corrected chi connectivity index (χ1v) is 11.5. The maximum absolute atomic E-state index is 11.7. The Morgan fingerprint density at radius 1 is 0.581 bits per heavy atom. The first kappa shape index (κ1) is 22.7. The summed E-state index contributed by atoms with van der Waals surface area (Å²) in [6.45, 7) is 2.25. The number of benzene rings is 3. The summed E-state index contributed by atoms with van der Waals surface area (Å²) in [6, 6.07) is 21.9. The van der Waals surface area contributed by atoms with Gasteiger partial charge in [0.1, 0.15) is 0 Å². The molecule has 0 heterocycles. The van der Waals surface area contributed by atoms with Crippen molar-refractivity contribution in [1.82, 2.24) is 0 Å². The van der Waals surface area contributed by atoms with Crippen molar-refractivity contribution in [1.29, 1.82) is 0 Å². The maximum atomic E-state index is 11.7. The summed E-state index contributed by atoms with van der Waals surface area (Å²) in [5.74, 6) is 0. The molecule has 0 amide bonds. The van der Waals surface area contributed by atoms with E-state index in [9.17, 15) is 9.59 Å². The molecule has 160 valence electrons. The highest BCUT2D eigenvalue weighted by Gasteiger charge is 2.16. The van der Waals surface area contributed by atoms with E-state index in [2.05, 4.69) is 37.3 Å². The van der Waals surface area contributed by atoms with Crippen LogP contribution < -0.4 is 0 Å². The Bertz CT molecular complexity index is 977. The average molecular weight is 413 g/mol. The Morgan fingerprint density at radius 3 is 1.77 bits per heavy atom. The number of rotatable bonds is 12. The van der Waals surface area contributed by atoms with Gasteiger partial charge in [-0.25, -0.2) is 0 Å². The van der Waals surface area contributed by atoms with E-state index < -0.39 is 0 Å². The fourth-order valence-electron chi connectivity index (χ4n) is 4.31. The van der Waals surface area contributed by atoms with Gasteiger partial charge < -0.3 is 0 Å². The lowest BCUT2D eigenvalue weighted by atomic mass is 9.87. The van der Waals surface area contributed by atoms with Gasteiger partial charge in [-0.3, -0.25) is 9.59 Å². The minimum atomic E-state index is 0.543. The normalized spacial score (nSPS) is 10.7. The molecule has 0 aliphatic rings. The zero-order valence-corrected chi connectivity index (χ0v) is 18.5. The molecule has 0 spiro atoms. The van der Waals surface area contributed by atoms with Gasteiger partial charge in [-0.1, -0.05) is 112 Å². The number of aryl methyl sites for hydroxylation is 1. The monoisotopic (exact) mass is 412 g/mol. The topological polar surface area (TPSA) is 34.1 Å². The van der Waals surface area contributed by atoms with Crippen LogP contribution in [0.25, 0.3) is 22.3 Å². The van der Waals surface area contributed by atoms with Gasteiger partial charge in [-0.2, -0.15) is 0 Å². The van der Waals surface area contributed by atoms with Crippen LogP contribution in [0, 0.1) is 0 Å². The van der Waals surface area contributed by atoms with Crippen LogP contribution >= 0.6 is 0 Å². The van der Waals surface area contributed by atoms with Gasteiger partial charge in [0, 0.05) is 16.7 Å². The third kappa shape index (κ3) is 5.79. The molecule has 0 N–H and O–H groups in total. The van der Waals surface area contributed by atoms with E-state index in [4.69, 9.17) is 0 Å². The quantitative estimate of drug-likeness (QED) is 0.223. The molecule has 0 radical (unpaired) electrons. The van der Waals surface area contributed by atoms with Gasteiger partial charge >= 0.3 is 0 Å². The first-order chi connectivity index (χ1) is 15.3. The third-order valence-electron chi connectivity index (χ3n) is 5.94. The number of aldehydes is 2. The number of hydrogen-bond donors (Lipinski definition) is 0. The lowest BCUT2D eigenvalue weighted by Gasteiger charge is -2.16. The molecule has 0 fully saturated rings. The van der Waals surface area contributed by atoms with Crippen LogP contribution in [0.1, 0.15) is 78.1 Å². The molecule has 3 rings (SSSR count). The van der Waals surface area contributed by atoms with E-state index in [0.29, 0.717) is 16.7 Å². The molecule has 3 aromatic rings. The van der Waals surface area contributed by atoms with Crippen LogP contribution in [0.3, 0.4) is 0 Å². The molecule has 0 bridgehead atoms. The summed E-state index contributed by atoms with van der Waals surface area (Å²) in [5.41, 5.74) is 6.30. The highest BCUT2D eigenvalue weighted by Crippen LogP contribution is 2.37. The van der Waals surface area contributed by atoms with Crippen molar-refractivity contribution in [3.8, 4) is 22.3 Å². The van der Waals surface area contributed by atoms with Crippen LogP contribution in [0.4, 0.5) is 0 Å². The van der Waals surface area contributed by atoms with Crippen molar-refractivity contribution in [2.45, 2.75) is 58.3 Å². The SMILES string of the molecule is CCCCCCCCCc1ccccc1-c1ccccc1-c1c(C=O)cccc1C=O. The van der Waals surface area contributed by atoms with Crippen molar-refractivity contribution in [3.05, 3.63) is 83.4 Å². The lowest BCUT2D eigenvalue weighted by Crippen LogP contribution is -1.98. The van der Waals surface area contributed by atoms with E-state index >= 15 is 0 Å². The molecule has 0 aliphatic carbocycles. The third-order valence-corrected chi connectivity index (χ3v) is 5.94. The van der Waals surface area contributed by atoms with Gasteiger partial charge in [-0.05, 0) is 35.1 Å². The van der Waals surface area contributed by atoms with Crippen molar-refractivity contribution in [3.63, 3.8) is 0 Å². The Labute approximate surface area is 186 Å². The van der Waals surface area contributed by atoms with E-state index in [-0.39, 0.29) is 0 Å². The molecule has 0 saturated carbocycles. The molecule has 3 aromatic carbocycles. The molecule has 2 nitrogen and oxygen atoms in total. The van der Waals surface area contributed by atoms with Crippen LogP contribution in [-0.2, 0) is 6.42 Å². The fraction of sp³-hybridized carbons (Fsp3) is 0.310. The molecule has 31 heavy (non-hydrogen) atoms. The summed E-state index contributed by atoms with van der Waals surface area (Å²) in [4.78, 5) is 23.5. The summed E-state index contributed by atoms with van der Waals surface area (Å²) >= 11 is 0. The van der Waals surface area contributed by atoms with Gasteiger partial charge in [0.15, 0.2) is 12.6 Å². The first-order valence-electron chi connectivity index (χ1n) is 11.5. The lowest BCUT2D eigenvalue weighted by molar-refractivity contribution is 0.112. The second kappa shape index (κ2) is 12.0. The van der Waals surface area contributed by atoms with Crippen LogP contribution in [0.15, 0.2) is 66.7 Å². The van der Waals surface area contributed by atoms with E-state index in [0.717, 1.165) is 30.1 Å². The molecule has 0 saturated heterocycles. The summed E-state index contributed by atoms with van der Waals surface area (Å²) in [7, 11) is 0. The van der Waals surface area contributed by atoms with Crippen molar-refractivity contribution in [2.75, 3.05) is 0 Å². The Hall–Kier alpha value is -3.00. The van der Waals surface area contributed by atoms with Gasteiger partial charge in [0.25, 0.3) is 0 Å². The molecular formula is C29H32O2. The zero-order valence-electron chi connectivity index (χ0n) is 18.5. The zero-order chi connectivity index (χ0) is 21.9. The predicted octanol–water partition coefficient (Wildman–Crippen LogP) is 7.94. The van der Waals surface area contributed by atoms with E-state index in [1.165, 1.54) is 56.1 Å². The second-order valence-corrected chi connectivity index (χ2v) is 8.12. The summed E-state index contributed by atoms with van der Waals surface area (Å²) in [6.07, 6.45) is 11.7. The van der Waals surface area contributed by atoms with E-state index in [1.807, 2.05) is 18.2 Å². The highest BCUT2D eigenvalue weighted by atomic mass is 16.1. The molecule has 0 aromatic heterocycles. The van der Waals surface area contributed by atoms with Crippen LogP contribution in [0.2, 0.25) is 0 Å². The summed E-state index contributed by atoms with van der Waals surface area (Å²) in [5, 5.41) is 0. The number of hydrogen-bond acceptors (Lipinski definition) is 2. The van der Waals surface area contributed by atoms with Crippen LogP contribution in [0.5, 0.6) is 0 Å². The summed E-state index contributed by atoms with van der Waals surface area (Å²) < 4.78 is 0.